The van der Waals surface area contributed by atoms with E-state index >= 15 is 0 Å². The highest BCUT2D eigenvalue weighted by atomic mass is 35.5. The molecule has 2 aliphatic heterocycles. The second-order valence-corrected chi connectivity index (χ2v) is 9.70. The summed E-state index contributed by atoms with van der Waals surface area (Å²) < 4.78 is 33.2. The molecule has 2 aliphatic rings. The van der Waals surface area contributed by atoms with Crippen LogP contribution in [0.4, 0.5) is 14.5 Å². The van der Waals surface area contributed by atoms with Gasteiger partial charge in [0.2, 0.25) is 5.91 Å². The molecule has 0 saturated carbocycles. The smallest absolute Gasteiger partial charge is 0.258 e. The first-order valence-corrected chi connectivity index (χ1v) is 11.8. The van der Waals surface area contributed by atoms with E-state index < -0.39 is 33.7 Å². The van der Waals surface area contributed by atoms with Gasteiger partial charge in [0.25, 0.3) is 5.91 Å². The highest BCUT2D eigenvalue weighted by molar-refractivity contribution is 6.35. The third-order valence-electron chi connectivity index (χ3n) is 6.28. The molecule has 0 aliphatic carbocycles. The summed E-state index contributed by atoms with van der Waals surface area (Å²) in [6.45, 7) is 4.21. The summed E-state index contributed by atoms with van der Waals surface area (Å²) in [6.07, 6.45) is 1.34. The van der Waals surface area contributed by atoms with Crippen LogP contribution in [0.5, 0.6) is 0 Å². The van der Waals surface area contributed by atoms with Crippen molar-refractivity contribution in [3.8, 4) is 0 Å². The molecule has 7 nitrogen and oxygen atoms in total. The second kappa shape index (κ2) is 10.9. The predicted octanol–water partition coefficient (Wildman–Crippen LogP) is 5.28. The number of halogens is 5. The van der Waals surface area contributed by atoms with Crippen LogP contribution in [0.3, 0.4) is 0 Å². The molecule has 2 heterocycles. The lowest BCUT2D eigenvalue weighted by Crippen LogP contribution is -2.56. The summed E-state index contributed by atoms with van der Waals surface area (Å²) in [5.74, 6) is -3.00. The van der Waals surface area contributed by atoms with Crippen molar-refractivity contribution in [2.45, 2.75) is 50.8 Å². The number of amides is 2. The molecule has 1 fully saturated rings. The fourth-order valence-electron chi connectivity index (χ4n) is 4.54. The van der Waals surface area contributed by atoms with Gasteiger partial charge in [0.1, 0.15) is 11.6 Å². The standard InChI is InChI=1S/C24H24Cl2F2N4O3.ClH/c1-12-8-13(6-7-35-12)32-20(33)11-24(2,31-23(32)29)15-4-3-5-19(21(15)26)30-22(34)14-9-16(25)18(28)10-17(14)27;/h3-5,9-10,12-13H,6-8,11H2,1-2H3,(H2,29,31)(H,30,34);1H/t12-,13-,24+;/m1./s1. The fraction of sp³-hybridized carbons (Fsp3) is 0.375. The minimum atomic E-state index is -1.09. The Morgan fingerprint density at radius 3 is 2.67 bits per heavy atom. The zero-order chi connectivity index (χ0) is 25.5. The topological polar surface area (TPSA) is 97.0 Å². The molecule has 0 spiro atoms. The van der Waals surface area contributed by atoms with Gasteiger partial charge in [-0.05, 0) is 38.8 Å². The van der Waals surface area contributed by atoms with E-state index in [9.17, 15) is 18.4 Å². The van der Waals surface area contributed by atoms with Crippen LogP contribution >= 0.6 is 35.6 Å². The van der Waals surface area contributed by atoms with Gasteiger partial charge in [0.05, 0.1) is 39.4 Å². The van der Waals surface area contributed by atoms with Crippen LogP contribution in [-0.4, -0.2) is 41.4 Å². The van der Waals surface area contributed by atoms with Gasteiger partial charge in [-0.2, -0.15) is 0 Å². The number of hydrogen-bond acceptors (Lipinski definition) is 5. The highest BCUT2D eigenvalue weighted by Crippen LogP contribution is 2.41. The van der Waals surface area contributed by atoms with Crippen LogP contribution < -0.4 is 11.1 Å². The number of nitrogens with two attached hydrogens (primary N) is 1. The van der Waals surface area contributed by atoms with E-state index in [1.807, 2.05) is 6.92 Å². The number of hydrogen-bond donors (Lipinski definition) is 2. The molecule has 2 aromatic rings. The lowest BCUT2D eigenvalue weighted by atomic mass is 9.86. The van der Waals surface area contributed by atoms with Gasteiger partial charge in [0.15, 0.2) is 5.96 Å². The molecule has 1 saturated heterocycles. The summed E-state index contributed by atoms with van der Waals surface area (Å²) in [6, 6.07) is 6.16. The van der Waals surface area contributed by atoms with Crippen molar-refractivity contribution in [1.29, 1.82) is 0 Å². The van der Waals surface area contributed by atoms with Gasteiger partial charge < -0.3 is 15.8 Å². The Morgan fingerprint density at radius 1 is 1.28 bits per heavy atom. The molecule has 0 aromatic heterocycles. The fourth-order valence-corrected chi connectivity index (χ4v) is 5.08. The van der Waals surface area contributed by atoms with E-state index in [-0.39, 0.29) is 53.6 Å². The molecule has 36 heavy (non-hydrogen) atoms. The summed E-state index contributed by atoms with van der Waals surface area (Å²) in [7, 11) is 0. The quantitative estimate of drug-likeness (QED) is 0.497. The van der Waals surface area contributed by atoms with Crippen molar-refractivity contribution in [2.24, 2.45) is 10.7 Å². The summed E-state index contributed by atoms with van der Waals surface area (Å²) in [5, 5.41) is 2.25. The van der Waals surface area contributed by atoms with Gasteiger partial charge in [-0.3, -0.25) is 14.5 Å². The molecule has 4 rings (SSSR count). The third-order valence-corrected chi connectivity index (χ3v) is 6.97. The maximum Gasteiger partial charge on any atom is 0.258 e. The normalized spacial score (nSPS) is 24.1. The number of benzene rings is 2. The Balaban J connectivity index is 0.00000361. The van der Waals surface area contributed by atoms with Gasteiger partial charge in [-0.25, -0.2) is 13.8 Å². The van der Waals surface area contributed by atoms with Crippen LogP contribution in [0.1, 0.15) is 49.0 Å². The summed E-state index contributed by atoms with van der Waals surface area (Å²) >= 11 is 12.3. The molecule has 12 heteroatoms. The number of ether oxygens (including phenoxy) is 1. The van der Waals surface area contributed by atoms with Gasteiger partial charge in [-0.15, -0.1) is 12.4 Å². The van der Waals surface area contributed by atoms with Crippen molar-refractivity contribution in [3.05, 3.63) is 63.1 Å². The molecule has 194 valence electrons. The number of carbonyl (C=O) groups is 2. The highest BCUT2D eigenvalue weighted by Gasteiger charge is 2.42. The molecule has 3 N–H and O–H groups in total. The molecular weight excluding hydrogens is 537 g/mol. The van der Waals surface area contributed by atoms with Crippen molar-refractivity contribution in [3.63, 3.8) is 0 Å². The minimum absolute atomic E-state index is 0. The predicted molar refractivity (Wildman–Crippen MR) is 137 cm³/mol. The molecule has 3 atom stereocenters. The van der Waals surface area contributed by atoms with Crippen molar-refractivity contribution < 1.29 is 23.1 Å². The molecule has 2 amide bonds. The molecular formula is C24H25Cl3F2N4O3. The largest absolute Gasteiger partial charge is 0.378 e. The van der Waals surface area contributed by atoms with Gasteiger partial charge in [-0.1, -0.05) is 35.3 Å². The van der Waals surface area contributed by atoms with Crippen LogP contribution in [0, 0.1) is 11.6 Å². The monoisotopic (exact) mass is 560 g/mol. The van der Waals surface area contributed by atoms with E-state index in [0.717, 1.165) is 6.07 Å². The van der Waals surface area contributed by atoms with Crippen molar-refractivity contribution in [2.75, 3.05) is 11.9 Å². The second-order valence-electron chi connectivity index (χ2n) is 8.91. The number of rotatable bonds is 4. The van der Waals surface area contributed by atoms with Gasteiger partial charge in [0, 0.05) is 24.3 Å². The first kappa shape index (κ1) is 28.1. The first-order valence-electron chi connectivity index (χ1n) is 11.0. The van der Waals surface area contributed by atoms with E-state index in [2.05, 4.69) is 10.3 Å². The number of guanidine groups is 1. The Kier molecular flexibility index (Phi) is 8.50. The number of aliphatic imine (C=N–C) groups is 1. The SMILES string of the molecule is C[C@@H]1C[C@H](N2C(=O)C[C@@](C)(c3cccc(NC(=O)c4cc(Cl)c(F)cc4F)c3Cl)N=C2N)CCO1.Cl. The van der Waals surface area contributed by atoms with Crippen LogP contribution in [-0.2, 0) is 15.1 Å². The van der Waals surface area contributed by atoms with Gasteiger partial charge >= 0.3 is 0 Å². The Bertz CT molecular complexity index is 1230. The van der Waals surface area contributed by atoms with E-state index in [1.165, 1.54) is 11.0 Å². The number of nitrogens with one attached hydrogen (secondary N) is 1. The minimum Gasteiger partial charge on any atom is -0.378 e. The van der Waals surface area contributed by atoms with Crippen molar-refractivity contribution in [1.82, 2.24) is 4.90 Å². The van der Waals surface area contributed by atoms with Crippen LogP contribution in [0.2, 0.25) is 10.0 Å². The average Bonchev–Trinajstić information content (AvgIpc) is 2.77. The average molecular weight is 562 g/mol. The van der Waals surface area contributed by atoms with Crippen molar-refractivity contribution >= 4 is 59.1 Å². The Labute approximate surface area is 223 Å². The maximum absolute atomic E-state index is 14.1. The molecule has 0 bridgehead atoms. The van der Waals surface area contributed by atoms with E-state index in [4.69, 9.17) is 33.7 Å². The first-order chi connectivity index (χ1) is 16.5. The lowest BCUT2D eigenvalue weighted by Gasteiger charge is -2.41. The third kappa shape index (κ3) is 5.44. The number of anilines is 1. The van der Waals surface area contributed by atoms with E-state index in [1.54, 1.807) is 19.1 Å². The molecule has 0 radical (unpaired) electrons. The number of carbonyl (C=O) groups excluding carboxylic acids is 2. The maximum atomic E-state index is 14.1. The Morgan fingerprint density at radius 2 is 2.00 bits per heavy atom. The zero-order valence-electron chi connectivity index (χ0n) is 19.5. The van der Waals surface area contributed by atoms with E-state index in [0.29, 0.717) is 31.1 Å². The zero-order valence-corrected chi connectivity index (χ0v) is 21.8. The van der Waals surface area contributed by atoms with Crippen LogP contribution in [0.25, 0.3) is 0 Å². The summed E-state index contributed by atoms with van der Waals surface area (Å²) in [4.78, 5) is 32.0. The number of nitrogens with zero attached hydrogens (tertiary/aromatic N) is 2. The van der Waals surface area contributed by atoms with Crippen LogP contribution in [0.15, 0.2) is 35.3 Å². The lowest BCUT2D eigenvalue weighted by molar-refractivity contribution is -0.133. The molecule has 2 aromatic carbocycles. The Hall–Kier alpha value is -2.46. The summed E-state index contributed by atoms with van der Waals surface area (Å²) in [5.41, 5.74) is 5.36. The molecule has 0 unspecified atom stereocenters.